The number of thiophene rings is 1. The summed E-state index contributed by atoms with van der Waals surface area (Å²) < 4.78 is 0. The van der Waals surface area contributed by atoms with Gasteiger partial charge < -0.3 is 0 Å². The number of pyridine rings is 2. The van der Waals surface area contributed by atoms with Gasteiger partial charge in [0.1, 0.15) is 0 Å². The van der Waals surface area contributed by atoms with Gasteiger partial charge in [0.25, 0.3) is 0 Å². The largest absolute Gasteiger partial charge is 0.264 e. The van der Waals surface area contributed by atoms with Crippen molar-refractivity contribution < 1.29 is 0 Å². The number of hydrogen-bond acceptors (Lipinski definition) is 3. The highest BCUT2D eigenvalue weighted by Gasteiger charge is 2.02. The summed E-state index contributed by atoms with van der Waals surface area (Å²) in [5.74, 6) is 0. The summed E-state index contributed by atoms with van der Waals surface area (Å²) in [7, 11) is 0. The molecule has 0 saturated carbocycles. The Morgan fingerprint density at radius 3 is 2.28 bits per heavy atom. The highest BCUT2D eigenvalue weighted by molar-refractivity contribution is 7.08. The van der Waals surface area contributed by atoms with Gasteiger partial charge >= 0.3 is 0 Å². The zero-order valence-electron chi connectivity index (χ0n) is 16.1. The van der Waals surface area contributed by atoms with Crippen LogP contribution in [0.2, 0.25) is 0 Å². The maximum Gasteiger partial charge on any atom is 0.0447 e. The quantitative estimate of drug-likeness (QED) is 0.510. The van der Waals surface area contributed by atoms with E-state index in [1.165, 1.54) is 27.8 Å². The second kappa shape index (κ2) is 11.3. The fourth-order valence-corrected chi connectivity index (χ4v) is 2.88. The Labute approximate surface area is 156 Å². The smallest absolute Gasteiger partial charge is 0.0447 e. The monoisotopic (exact) mass is 352 g/mol. The maximum absolute atomic E-state index is 4.33. The van der Waals surface area contributed by atoms with E-state index in [1.807, 2.05) is 45.3 Å². The molecule has 0 spiro atoms. The molecule has 132 valence electrons. The molecule has 3 aromatic rings. The van der Waals surface area contributed by atoms with E-state index in [2.05, 4.69) is 59.7 Å². The van der Waals surface area contributed by atoms with Crippen molar-refractivity contribution in [2.75, 3.05) is 0 Å². The summed E-state index contributed by atoms with van der Waals surface area (Å²) >= 11 is 1.73. The van der Waals surface area contributed by atoms with Crippen molar-refractivity contribution in [1.82, 2.24) is 9.97 Å². The molecule has 2 nitrogen and oxygen atoms in total. The summed E-state index contributed by atoms with van der Waals surface area (Å²) in [6.07, 6.45) is 7.69. The van der Waals surface area contributed by atoms with Gasteiger partial charge in [0.05, 0.1) is 0 Å². The fourth-order valence-electron chi connectivity index (χ4n) is 2.16. The van der Waals surface area contributed by atoms with Gasteiger partial charge in [-0.15, -0.1) is 0 Å². The van der Waals surface area contributed by atoms with Crippen LogP contribution < -0.4 is 0 Å². The third-order valence-electron chi connectivity index (χ3n) is 3.55. The number of allylic oxidation sites excluding steroid dienone is 1. The number of rotatable bonds is 2. The van der Waals surface area contributed by atoms with Crippen molar-refractivity contribution in [1.29, 1.82) is 0 Å². The van der Waals surface area contributed by atoms with Crippen LogP contribution in [-0.2, 0) is 0 Å². The molecule has 0 aliphatic carbocycles. The van der Waals surface area contributed by atoms with E-state index >= 15 is 0 Å². The Balaban J connectivity index is 0.000000290. The summed E-state index contributed by atoms with van der Waals surface area (Å²) in [6.45, 7) is 12.3. The Morgan fingerprint density at radius 1 is 1.04 bits per heavy atom. The molecule has 0 fully saturated rings. The second-order valence-corrected chi connectivity index (χ2v) is 6.28. The zero-order valence-corrected chi connectivity index (χ0v) is 16.9. The van der Waals surface area contributed by atoms with Gasteiger partial charge in [0, 0.05) is 24.3 Å². The first kappa shape index (κ1) is 20.8. The van der Waals surface area contributed by atoms with Crippen LogP contribution in [0.25, 0.3) is 11.6 Å². The SMILES string of the molecule is C/C(=C\c1c(C)ccnc1C)c1ccsc1.CC.Cc1cccnc1. The van der Waals surface area contributed by atoms with Crippen LogP contribution in [0, 0.1) is 20.8 Å². The first-order chi connectivity index (χ1) is 12.1. The van der Waals surface area contributed by atoms with Crippen molar-refractivity contribution in [3.05, 3.63) is 81.6 Å². The first-order valence-corrected chi connectivity index (χ1v) is 9.52. The number of aromatic nitrogens is 2. The lowest BCUT2D eigenvalue weighted by atomic mass is 10.0. The number of aryl methyl sites for hydroxylation is 3. The van der Waals surface area contributed by atoms with Gasteiger partial charge in [-0.05, 0) is 90.6 Å². The Hall–Kier alpha value is -2.26. The van der Waals surface area contributed by atoms with Crippen LogP contribution in [0.4, 0.5) is 0 Å². The lowest BCUT2D eigenvalue weighted by Crippen LogP contribution is -1.90. The average molecular weight is 353 g/mol. The molecule has 0 atom stereocenters. The first-order valence-electron chi connectivity index (χ1n) is 8.57. The minimum atomic E-state index is 1.09. The molecule has 0 bridgehead atoms. The maximum atomic E-state index is 4.33. The molecular formula is C22H28N2S. The van der Waals surface area contributed by atoms with E-state index in [1.54, 1.807) is 17.5 Å². The van der Waals surface area contributed by atoms with Gasteiger partial charge in [-0.3, -0.25) is 9.97 Å². The number of hydrogen-bond donors (Lipinski definition) is 0. The van der Waals surface area contributed by atoms with E-state index in [-0.39, 0.29) is 0 Å². The minimum Gasteiger partial charge on any atom is -0.264 e. The summed E-state index contributed by atoms with van der Waals surface area (Å²) in [5, 5.41) is 4.28. The van der Waals surface area contributed by atoms with Crippen LogP contribution in [-0.4, -0.2) is 9.97 Å². The fraction of sp³-hybridized carbons (Fsp3) is 0.273. The predicted molar refractivity (Wildman–Crippen MR) is 112 cm³/mol. The molecule has 3 heteroatoms. The molecule has 0 N–H and O–H groups in total. The van der Waals surface area contributed by atoms with Crippen LogP contribution >= 0.6 is 11.3 Å². The average Bonchev–Trinajstić information content (AvgIpc) is 3.16. The molecular weight excluding hydrogens is 324 g/mol. The van der Waals surface area contributed by atoms with Crippen LogP contribution in [0.1, 0.15) is 48.7 Å². The second-order valence-electron chi connectivity index (χ2n) is 5.50. The van der Waals surface area contributed by atoms with E-state index in [9.17, 15) is 0 Å². The van der Waals surface area contributed by atoms with Crippen LogP contribution in [0.15, 0.2) is 53.6 Å². The topological polar surface area (TPSA) is 25.8 Å². The summed E-state index contributed by atoms with van der Waals surface area (Å²) in [6, 6.07) is 8.15. The van der Waals surface area contributed by atoms with Crippen molar-refractivity contribution in [3.63, 3.8) is 0 Å². The molecule has 0 unspecified atom stereocenters. The molecule has 3 aromatic heterocycles. The highest BCUT2D eigenvalue weighted by atomic mass is 32.1. The lowest BCUT2D eigenvalue weighted by Gasteiger charge is -2.05. The van der Waals surface area contributed by atoms with E-state index in [4.69, 9.17) is 0 Å². The third kappa shape index (κ3) is 7.02. The molecule has 3 rings (SSSR count). The van der Waals surface area contributed by atoms with Crippen molar-refractivity contribution in [3.8, 4) is 0 Å². The molecule has 3 heterocycles. The van der Waals surface area contributed by atoms with Gasteiger partial charge in [0.2, 0.25) is 0 Å². The Bertz CT molecular complexity index is 740. The standard InChI is InChI=1S/C14H15NS.C6H7N.C2H6/c1-10-4-6-15-12(3)14(10)8-11(2)13-5-7-16-9-13;1-6-3-2-4-7-5-6;1-2/h4-9H,1-3H3;2-5H,1H3;1-2H3/b11-8+;;. The zero-order chi connectivity index (χ0) is 18.7. The highest BCUT2D eigenvalue weighted by Crippen LogP contribution is 2.22. The van der Waals surface area contributed by atoms with Gasteiger partial charge in [0.15, 0.2) is 0 Å². The van der Waals surface area contributed by atoms with Gasteiger partial charge in [-0.2, -0.15) is 11.3 Å². The molecule has 0 radical (unpaired) electrons. The number of nitrogens with zero attached hydrogens (tertiary/aromatic N) is 2. The molecule has 25 heavy (non-hydrogen) atoms. The normalized spacial score (nSPS) is 10.2. The predicted octanol–water partition coefficient (Wildman–Crippen LogP) is 6.74. The summed E-state index contributed by atoms with van der Waals surface area (Å²) in [5.41, 5.74) is 7.42. The Kier molecular flexibility index (Phi) is 9.41. The Morgan fingerprint density at radius 2 is 1.80 bits per heavy atom. The molecule has 0 aliphatic rings. The van der Waals surface area contributed by atoms with Crippen molar-refractivity contribution >= 4 is 23.0 Å². The van der Waals surface area contributed by atoms with E-state index in [0.29, 0.717) is 0 Å². The van der Waals surface area contributed by atoms with Crippen LogP contribution in [0.5, 0.6) is 0 Å². The molecule has 0 aromatic carbocycles. The minimum absolute atomic E-state index is 1.09. The van der Waals surface area contributed by atoms with Crippen LogP contribution in [0.3, 0.4) is 0 Å². The van der Waals surface area contributed by atoms with E-state index in [0.717, 1.165) is 5.69 Å². The summed E-state index contributed by atoms with van der Waals surface area (Å²) in [4.78, 5) is 8.22. The third-order valence-corrected chi connectivity index (χ3v) is 4.24. The molecule has 0 amide bonds. The van der Waals surface area contributed by atoms with E-state index < -0.39 is 0 Å². The lowest BCUT2D eigenvalue weighted by molar-refractivity contribution is 1.16. The van der Waals surface area contributed by atoms with Gasteiger partial charge in [-0.1, -0.05) is 19.9 Å². The molecule has 0 saturated heterocycles. The van der Waals surface area contributed by atoms with Crippen molar-refractivity contribution in [2.24, 2.45) is 0 Å². The molecule has 0 aliphatic heterocycles. The van der Waals surface area contributed by atoms with Crippen molar-refractivity contribution in [2.45, 2.75) is 41.5 Å². The van der Waals surface area contributed by atoms with Gasteiger partial charge in [-0.25, -0.2) is 0 Å².